The molecular formula is C11H9BrN4. The van der Waals surface area contributed by atoms with Gasteiger partial charge in [-0.1, -0.05) is 0 Å². The number of aromatic nitrogens is 3. The van der Waals surface area contributed by atoms with Gasteiger partial charge >= 0.3 is 0 Å². The van der Waals surface area contributed by atoms with E-state index in [1.807, 2.05) is 13.8 Å². The SMILES string of the molecule is Cc1nn(-c2cnccc2C#N)c(C)c1Br. The number of nitrogens with zero attached hydrogens (tertiary/aromatic N) is 4. The Morgan fingerprint density at radius 2 is 2.19 bits per heavy atom. The Morgan fingerprint density at radius 3 is 2.75 bits per heavy atom. The first-order valence-electron chi connectivity index (χ1n) is 4.71. The van der Waals surface area contributed by atoms with Crippen molar-refractivity contribution < 1.29 is 0 Å². The minimum Gasteiger partial charge on any atom is -0.262 e. The Labute approximate surface area is 102 Å². The van der Waals surface area contributed by atoms with Crippen molar-refractivity contribution in [3.63, 3.8) is 0 Å². The normalized spacial score (nSPS) is 10.1. The molecule has 0 atom stereocenters. The highest BCUT2D eigenvalue weighted by Gasteiger charge is 2.12. The second-order valence-corrected chi connectivity index (χ2v) is 4.19. The van der Waals surface area contributed by atoms with Crippen LogP contribution in [0.5, 0.6) is 0 Å². The molecule has 0 saturated heterocycles. The van der Waals surface area contributed by atoms with Gasteiger partial charge in [0.15, 0.2) is 0 Å². The second kappa shape index (κ2) is 4.06. The summed E-state index contributed by atoms with van der Waals surface area (Å²) in [6, 6.07) is 3.81. The number of hydrogen-bond acceptors (Lipinski definition) is 3. The summed E-state index contributed by atoms with van der Waals surface area (Å²) in [6.45, 7) is 3.86. The average molecular weight is 277 g/mol. The van der Waals surface area contributed by atoms with Crippen molar-refractivity contribution in [1.82, 2.24) is 14.8 Å². The van der Waals surface area contributed by atoms with Gasteiger partial charge in [0.25, 0.3) is 0 Å². The van der Waals surface area contributed by atoms with Crippen LogP contribution in [-0.2, 0) is 0 Å². The number of hydrogen-bond donors (Lipinski definition) is 0. The van der Waals surface area contributed by atoms with E-state index in [4.69, 9.17) is 5.26 Å². The number of halogens is 1. The van der Waals surface area contributed by atoms with Gasteiger partial charge in [0.2, 0.25) is 0 Å². The van der Waals surface area contributed by atoms with Crippen LogP contribution < -0.4 is 0 Å². The van der Waals surface area contributed by atoms with Gasteiger partial charge < -0.3 is 0 Å². The number of rotatable bonds is 1. The third-order valence-corrected chi connectivity index (χ3v) is 3.50. The molecule has 80 valence electrons. The Kier molecular flexibility index (Phi) is 2.75. The Balaban J connectivity index is 2.69. The molecule has 0 aliphatic heterocycles. The summed E-state index contributed by atoms with van der Waals surface area (Å²) in [6.07, 6.45) is 3.24. The van der Waals surface area contributed by atoms with E-state index in [1.54, 1.807) is 23.1 Å². The molecule has 0 amide bonds. The monoisotopic (exact) mass is 276 g/mol. The molecule has 2 aromatic heterocycles. The van der Waals surface area contributed by atoms with Crippen LogP contribution >= 0.6 is 15.9 Å². The smallest absolute Gasteiger partial charge is 0.102 e. The summed E-state index contributed by atoms with van der Waals surface area (Å²) in [5.41, 5.74) is 3.12. The molecule has 16 heavy (non-hydrogen) atoms. The number of pyridine rings is 1. The zero-order chi connectivity index (χ0) is 11.7. The fourth-order valence-corrected chi connectivity index (χ4v) is 1.75. The third kappa shape index (κ3) is 1.61. The van der Waals surface area contributed by atoms with E-state index < -0.39 is 0 Å². The van der Waals surface area contributed by atoms with Crippen molar-refractivity contribution in [3.8, 4) is 11.8 Å². The van der Waals surface area contributed by atoms with Crippen LogP contribution in [-0.4, -0.2) is 14.8 Å². The average Bonchev–Trinajstić information content (AvgIpc) is 2.57. The Morgan fingerprint density at radius 1 is 1.44 bits per heavy atom. The molecule has 0 bridgehead atoms. The summed E-state index contributed by atoms with van der Waals surface area (Å²) < 4.78 is 2.69. The van der Waals surface area contributed by atoms with Crippen LogP contribution in [0.3, 0.4) is 0 Å². The molecule has 0 radical (unpaired) electrons. The van der Waals surface area contributed by atoms with E-state index in [9.17, 15) is 0 Å². The Hall–Kier alpha value is -1.67. The maximum absolute atomic E-state index is 9.02. The van der Waals surface area contributed by atoms with Crippen LogP contribution in [0.1, 0.15) is 17.0 Å². The highest BCUT2D eigenvalue weighted by molar-refractivity contribution is 9.10. The van der Waals surface area contributed by atoms with Crippen LogP contribution in [0, 0.1) is 25.2 Å². The molecule has 0 aliphatic rings. The highest BCUT2D eigenvalue weighted by Crippen LogP contribution is 2.23. The minimum atomic E-state index is 0.563. The molecule has 5 heteroatoms. The van der Waals surface area contributed by atoms with Crippen LogP contribution in [0.25, 0.3) is 5.69 Å². The quantitative estimate of drug-likeness (QED) is 0.804. The Bertz CT molecular complexity index is 580. The van der Waals surface area contributed by atoms with Gasteiger partial charge in [-0.3, -0.25) is 4.98 Å². The molecule has 0 unspecified atom stereocenters. The summed E-state index contributed by atoms with van der Waals surface area (Å²) in [7, 11) is 0. The molecular weight excluding hydrogens is 268 g/mol. The third-order valence-electron chi connectivity index (χ3n) is 2.35. The summed E-state index contributed by atoms with van der Waals surface area (Å²) in [5, 5.41) is 13.4. The first kappa shape index (κ1) is 10.8. The van der Waals surface area contributed by atoms with Crippen molar-refractivity contribution in [3.05, 3.63) is 39.9 Å². The maximum Gasteiger partial charge on any atom is 0.102 e. The van der Waals surface area contributed by atoms with E-state index in [1.165, 1.54) is 0 Å². The summed E-state index contributed by atoms with van der Waals surface area (Å²) in [5.74, 6) is 0. The number of aryl methyl sites for hydroxylation is 1. The zero-order valence-corrected chi connectivity index (χ0v) is 10.5. The zero-order valence-electron chi connectivity index (χ0n) is 8.90. The van der Waals surface area contributed by atoms with Gasteiger partial charge in [-0.05, 0) is 35.8 Å². The van der Waals surface area contributed by atoms with Crippen molar-refractivity contribution >= 4 is 15.9 Å². The van der Waals surface area contributed by atoms with E-state index >= 15 is 0 Å². The lowest BCUT2D eigenvalue weighted by Gasteiger charge is -2.05. The predicted molar refractivity (Wildman–Crippen MR) is 63.2 cm³/mol. The lowest BCUT2D eigenvalue weighted by atomic mass is 10.2. The first-order valence-corrected chi connectivity index (χ1v) is 5.50. The van der Waals surface area contributed by atoms with E-state index in [-0.39, 0.29) is 0 Å². The van der Waals surface area contributed by atoms with Crippen LogP contribution in [0.15, 0.2) is 22.9 Å². The lowest BCUT2D eigenvalue weighted by molar-refractivity contribution is 0.825. The molecule has 0 spiro atoms. The summed E-state index contributed by atoms with van der Waals surface area (Å²) >= 11 is 3.46. The standard InChI is InChI=1S/C11H9BrN4/c1-7-11(12)8(2)16(15-7)10-6-14-4-3-9(10)5-13/h3-4,6H,1-2H3. The van der Waals surface area contributed by atoms with Gasteiger partial charge in [0, 0.05) is 6.20 Å². The van der Waals surface area contributed by atoms with E-state index in [2.05, 4.69) is 32.1 Å². The van der Waals surface area contributed by atoms with Gasteiger partial charge in [-0.15, -0.1) is 0 Å². The molecule has 2 rings (SSSR count). The molecule has 0 N–H and O–H groups in total. The summed E-state index contributed by atoms with van der Waals surface area (Å²) in [4.78, 5) is 4.02. The second-order valence-electron chi connectivity index (χ2n) is 3.40. The fourth-order valence-electron chi connectivity index (χ4n) is 1.51. The first-order chi connectivity index (χ1) is 7.65. The predicted octanol–water partition coefficient (Wildman–Crippen LogP) is 2.52. The van der Waals surface area contributed by atoms with Crippen molar-refractivity contribution in [1.29, 1.82) is 5.26 Å². The lowest BCUT2D eigenvalue weighted by Crippen LogP contribution is -2.02. The maximum atomic E-state index is 9.02. The molecule has 2 heterocycles. The van der Waals surface area contributed by atoms with Crippen molar-refractivity contribution in [2.75, 3.05) is 0 Å². The largest absolute Gasteiger partial charge is 0.262 e. The van der Waals surface area contributed by atoms with Crippen LogP contribution in [0.4, 0.5) is 0 Å². The van der Waals surface area contributed by atoms with E-state index in [0.29, 0.717) is 11.3 Å². The van der Waals surface area contributed by atoms with Gasteiger partial charge in [0.1, 0.15) is 11.8 Å². The van der Waals surface area contributed by atoms with Gasteiger partial charge in [-0.2, -0.15) is 10.4 Å². The van der Waals surface area contributed by atoms with E-state index in [0.717, 1.165) is 15.9 Å². The topological polar surface area (TPSA) is 54.5 Å². The molecule has 0 fully saturated rings. The van der Waals surface area contributed by atoms with Crippen LogP contribution in [0.2, 0.25) is 0 Å². The van der Waals surface area contributed by atoms with Crippen molar-refractivity contribution in [2.45, 2.75) is 13.8 Å². The molecule has 0 aromatic carbocycles. The fraction of sp³-hybridized carbons (Fsp3) is 0.182. The molecule has 2 aromatic rings. The molecule has 0 aliphatic carbocycles. The minimum absolute atomic E-state index is 0.563. The van der Waals surface area contributed by atoms with Gasteiger partial charge in [0.05, 0.1) is 27.6 Å². The molecule has 0 saturated carbocycles. The highest BCUT2D eigenvalue weighted by atomic mass is 79.9. The molecule has 4 nitrogen and oxygen atoms in total. The van der Waals surface area contributed by atoms with Gasteiger partial charge in [-0.25, -0.2) is 4.68 Å². The number of nitriles is 1. The van der Waals surface area contributed by atoms with Crippen molar-refractivity contribution in [2.24, 2.45) is 0 Å².